The van der Waals surface area contributed by atoms with E-state index < -0.39 is 35.4 Å². The van der Waals surface area contributed by atoms with E-state index in [0.717, 1.165) is 21.7 Å². The summed E-state index contributed by atoms with van der Waals surface area (Å²) in [5, 5.41) is 24.0. The number of likely N-dealkylation sites (tertiary alicyclic amines) is 1. The van der Waals surface area contributed by atoms with Crippen LogP contribution in [0.25, 0.3) is 21.8 Å². The molecule has 19 heteroatoms. The highest BCUT2D eigenvalue weighted by molar-refractivity contribution is 7.14. The average Bonchev–Trinajstić information content (AvgIpc) is 4.06. The van der Waals surface area contributed by atoms with Crippen LogP contribution in [-0.4, -0.2) is 125 Å². The summed E-state index contributed by atoms with van der Waals surface area (Å²) >= 11 is 2.86. The molecule has 1 aliphatic heterocycles. The number of β-amino-alcohol motifs (C(OH)–C–C–N with tert-alkyl or cyclic N) is 1. The Morgan fingerprint density at radius 2 is 1.52 bits per heavy atom. The van der Waals surface area contributed by atoms with Crippen LogP contribution in [0.2, 0.25) is 0 Å². The molecule has 5 amide bonds. The van der Waals surface area contributed by atoms with Crippen molar-refractivity contribution in [3.05, 3.63) is 106 Å². The standard InChI is InChI=1S/C46H54N8O9S2/c1-29-39(65-28-50-29)31-10-8-30(9-11-31)24-49-43(59)37-23-34(55)25-54(37)44(60)40(46(2,3)4)52-38(56)26-63-22-21-62-20-19-61-18-17-48-41(57)32-12-14-33(15-13-32)42(58)53-45-51-36(27-64-45)35-7-5-6-16-47-35/h5-16,27-28,34,37,40,55H,17-26H2,1-4H3,(H,48,57)(H,49,59)(H,52,56)(H,51,53,58)/t34-,37+,40-/m1/s1. The molecule has 344 valence electrons. The van der Waals surface area contributed by atoms with Crippen molar-refractivity contribution in [1.29, 1.82) is 0 Å². The number of carbonyl (C=O) groups is 5. The van der Waals surface area contributed by atoms with Crippen LogP contribution < -0.4 is 21.3 Å². The second-order valence-electron chi connectivity index (χ2n) is 16.3. The zero-order chi connectivity index (χ0) is 46.3. The van der Waals surface area contributed by atoms with E-state index in [2.05, 4.69) is 36.2 Å². The van der Waals surface area contributed by atoms with Crippen molar-refractivity contribution in [3.63, 3.8) is 0 Å². The lowest BCUT2D eigenvalue weighted by molar-refractivity contribution is -0.144. The quantitative estimate of drug-likeness (QED) is 0.0643. The van der Waals surface area contributed by atoms with Gasteiger partial charge in [0.15, 0.2) is 5.13 Å². The number of ether oxygens (including phenoxy) is 3. The molecule has 17 nitrogen and oxygen atoms in total. The second-order valence-corrected chi connectivity index (χ2v) is 18.0. The van der Waals surface area contributed by atoms with Crippen LogP contribution in [0.3, 0.4) is 0 Å². The molecule has 3 aromatic heterocycles. The third kappa shape index (κ3) is 14.0. The van der Waals surface area contributed by atoms with Crippen LogP contribution in [0.4, 0.5) is 5.13 Å². The van der Waals surface area contributed by atoms with Gasteiger partial charge in [-0.2, -0.15) is 0 Å². The van der Waals surface area contributed by atoms with E-state index in [1.807, 2.05) is 75.5 Å². The van der Waals surface area contributed by atoms with Gasteiger partial charge >= 0.3 is 0 Å². The largest absolute Gasteiger partial charge is 0.391 e. The maximum absolute atomic E-state index is 13.9. The van der Waals surface area contributed by atoms with E-state index >= 15 is 0 Å². The van der Waals surface area contributed by atoms with Crippen LogP contribution in [-0.2, 0) is 35.1 Å². The maximum atomic E-state index is 13.9. The Labute approximate surface area is 385 Å². The van der Waals surface area contributed by atoms with E-state index in [1.165, 1.54) is 16.2 Å². The number of aliphatic hydroxyl groups excluding tert-OH is 1. The number of rotatable bonds is 21. The van der Waals surface area contributed by atoms with Crippen molar-refractivity contribution in [2.75, 3.05) is 58.0 Å². The summed E-state index contributed by atoms with van der Waals surface area (Å²) in [6.07, 6.45) is 0.877. The third-order valence-electron chi connectivity index (χ3n) is 10.3. The van der Waals surface area contributed by atoms with Crippen molar-refractivity contribution in [3.8, 4) is 21.8 Å². The van der Waals surface area contributed by atoms with Crippen molar-refractivity contribution in [2.24, 2.45) is 5.41 Å². The monoisotopic (exact) mass is 926 g/mol. The van der Waals surface area contributed by atoms with Gasteiger partial charge in [0, 0.05) is 48.8 Å². The molecule has 0 unspecified atom stereocenters. The first-order valence-electron chi connectivity index (χ1n) is 21.1. The van der Waals surface area contributed by atoms with Crippen molar-refractivity contribution >= 4 is 57.3 Å². The first kappa shape index (κ1) is 48.5. The van der Waals surface area contributed by atoms with Gasteiger partial charge in [0.05, 0.1) is 60.9 Å². The molecule has 1 fully saturated rings. The lowest BCUT2D eigenvalue weighted by atomic mass is 9.85. The molecular formula is C46H54N8O9S2. The SMILES string of the molecule is Cc1ncsc1-c1ccc(CNC(=O)[C@@H]2C[C@@H](O)CN2C(=O)[C@@H](NC(=O)COCCOCCOCCNC(=O)c2ccc(C(=O)Nc3nc(-c4ccccn4)cs3)cc2)C(C)(C)C)cc1. The Hall–Kier alpha value is -5.96. The first-order valence-corrected chi connectivity index (χ1v) is 22.9. The summed E-state index contributed by atoms with van der Waals surface area (Å²) in [5.41, 5.74) is 6.12. The molecule has 0 saturated carbocycles. The average molecular weight is 927 g/mol. The van der Waals surface area contributed by atoms with Crippen LogP contribution >= 0.6 is 22.7 Å². The molecular weight excluding hydrogens is 873 g/mol. The van der Waals surface area contributed by atoms with Crippen LogP contribution in [0.5, 0.6) is 0 Å². The highest BCUT2D eigenvalue weighted by Crippen LogP contribution is 2.29. The molecule has 5 N–H and O–H groups in total. The van der Waals surface area contributed by atoms with Crippen molar-refractivity contribution in [1.82, 2.24) is 35.8 Å². The number of nitrogens with zero attached hydrogens (tertiary/aromatic N) is 4. The molecule has 0 bridgehead atoms. The van der Waals surface area contributed by atoms with Crippen LogP contribution in [0, 0.1) is 12.3 Å². The molecule has 6 rings (SSSR count). The number of thiazole rings is 2. The Morgan fingerprint density at radius 1 is 0.831 bits per heavy atom. The molecule has 2 aromatic carbocycles. The molecule has 3 atom stereocenters. The highest BCUT2D eigenvalue weighted by atomic mass is 32.1. The van der Waals surface area contributed by atoms with E-state index in [1.54, 1.807) is 47.3 Å². The van der Waals surface area contributed by atoms with E-state index in [9.17, 15) is 29.1 Å². The Balaban J connectivity index is 0.825. The number of carbonyl (C=O) groups excluding carboxylic acids is 5. The third-order valence-corrected chi connectivity index (χ3v) is 12.0. The van der Waals surface area contributed by atoms with Gasteiger partial charge < -0.3 is 40.2 Å². The molecule has 65 heavy (non-hydrogen) atoms. The number of aromatic nitrogens is 3. The van der Waals surface area contributed by atoms with E-state index in [-0.39, 0.29) is 83.4 Å². The molecule has 0 aliphatic carbocycles. The number of anilines is 1. The number of hydrogen-bond donors (Lipinski definition) is 5. The summed E-state index contributed by atoms with van der Waals surface area (Å²) in [5.74, 6) is -2.01. The smallest absolute Gasteiger partial charge is 0.257 e. The number of aryl methyl sites for hydroxylation is 1. The lowest BCUT2D eigenvalue weighted by Crippen LogP contribution is -2.58. The number of amides is 5. The highest BCUT2D eigenvalue weighted by Gasteiger charge is 2.44. The van der Waals surface area contributed by atoms with E-state index in [0.29, 0.717) is 27.6 Å². The van der Waals surface area contributed by atoms with Crippen molar-refractivity contribution in [2.45, 2.75) is 58.8 Å². The fraction of sp³-hybridized carbons (Fsp3) is 0.391. The lowest BCUT2D eigenvalue weighted by Gasteiger charge is -2.35. The number of pyridine rings is 1. The summed E-state index contributed by atoms with van der Waals surface area (Å²) in [4.78, 5) is 81.0. The van der Waals surface area contributed by atoms with Crippen LogP contribution in [0.1, 0.15) is 59.2 Å². The number of hydrogen-bond acceptors (Lipinski definition) is 14. The van der Waals surface area contributed by atoms with Gasteiger partial charge in [-0.1, -0.05) is 51.1 Å². The normalized spacial score (nSPS) is 15.3. The minimum Gasteiger partial charge on any atom is -0.391 e. The Morgan fingerprint density at radius 3 is 2.18 bits per heavy atom. The van der Waals surface area contributed by atoms with E-state index in [4.69, 9.17) is 14.2 Å². The summed E-state index contributed by atoms with van der Waals surface area (Å²) in [6.45, 7) is 8.64. The minimum atomic E-state index is -0.984. The van der Waals surface area contributed by atoms with Gasteiger partial charge in [-0.15, -0.1) is 22.7 Å². The topological polar surface area (TPSA) is 223 Å². The fourth-order valence-corrected chi connectivity index (χ4v) is 8.34. The zero-order valence-electron chi connectivity index (χ0n) is 36.7. The van der Waals surface area contributed by atoms with Gasteiger partial charge in [0.1, 0.15) is 24.4 Å². The zero-order valence-corrected chi connectivity index (χ0v) is 38.3. The molecule has 4 heterocycles. The molecule has 0 radical (unpaired) electrons. The maximum Gasteiger partial charge on any atom is 0.257 e. The van der Waals surface area contributed by atoms with Crippen LogP contribution in [0.15, 0.2) is 83.8 Å². The van der Waals surface area contributed by atoms with Crippen molar-refractivity contribution < 1.29 is 43.3 Å². The number of aliphatic hydroxyl groups is 1. The predicted octanol–water partition coefficient (Wildman–Crippen LogP) is 4.48. The number of nitrogens with one attached hydrogen (secondary N) is 4. The van der Waals surface area contributed by atoms with Gasteiger partial charge in [-0.3, -0.25) is 34.3 Å². The van der Waals surface area contributed by atoms with Gasteiger partial charge in [-0.05, 0) is 59.9 Å². The summed E-state index contributed by atoms with van der Waals surface area (Å²) in [7, 11) is 0. The predicted molar refractivity (Wildman–Crippen MR) is 246 cm³/mol. The van der Waals surface area contributed by atoms with Gasteiger partial charge in [0.2, 0.25) is 17.7 Å². The molecule has 1 aliphatic rings. The Bertz CT molecular complexity index is 2370. The van der Waals surface area contributed by atoms with Gasteiger partial charge in [0.25, 0.3) is 11.8 Å². The summed E-state index contributed by atoms with van der Waals surface area (Å²) < 4.78 is 16.6. The minimum absolute atomic E-state index is 0.0308. The molecule has 1 saturated heterocycles. The van der Waals surface area contributed by atoms with Gasteiger partial charge in [-0.25, -0.2) is 9.97 Å². The second kappa shape index (κ2) is 23.3. The molecule has 0 spiro atoms. The number of benzene rings is 2. The Kier molecular flexibility index (Phi) is 17.4. The summed E-state index contributed by atoms with van der Waals surface area (Å²) in [6, 6.07) is 17.7. The first-order chi connectivity index (χ1) is 31.3. The molecule has 5 aromatic rings. The fourth-order valence-electron chi connectivity index (χ4n) is 6.83.